The third-order valence-corrected chi connectivity index (χ3v) is 6.60. The fourth-order valence-electron chi connectivity index (χ4n) is 4.75. The average Bonchev–Trinajstić information content (AvgIpc) is 3.53. The van der Waals surface area contributed by atoms with E-state index in [2.05, 4.69) is 32.8 Å². The van der Waals surface area contributed by atoms with E-state index >= 15 is 0 Å². The zero-order valence-corrected chi connectivity index (χ0v) is 19.6. The molecule has 0 amide bonds. The molecular formula is C26H24N4O3S. The summed E-state index contributed by atoms with van der Waals surface area (Å²) in [6.07, 6.45) is 3.45. The minimum absolute atomic E-state index is 0.130. The lowest BCUT2D eigenvalue weighted by Crippen LogP contribution is -2.29. The number of furan rings is 1. The molecule has 1 aliphatic rings. The summed E-state index contributed by atoms with van der Waals surface area (Å²) >= 11 is 5.76. The molecule has 34 heavy (non-hydrogen) atoms. The molecular weight excluding hydrogens is 448 g/mol. The number of aryl methyl sites for hydroxylation is 1. The molecule has 0 radical (unpaired) electrons. The van der Waals surface area contributed by atoms with Gasteiger partial charge in [0.1, 0.15) is 5.76 Å². The van der Waals surface area contributed by atoms with Crippen molar-refractivity contribution in [2.75, 3.05) is 0 Å². The van der Waals surface area contributed by atoms with Gasteiger partial charge in [0.25, 0.3) is 0 Å². The van der Waals surface area contributed by atoms with Gasteiger partial charge in [-0.05, 0) is 80.2 Å². The Morgan fingerprint density at radius 2 is 2.00 bits per heavy atom. The number of carboxylic acid groups (broad SMARTS) is 1. The topological polar surface area (TPSA) is 83.5 Å². The Morgan fingerprint density at radius 3 is 2.71 bits per heavy atom. The molecule has 4 heterocycles. The highest BCUT2D eigenvalue weighted by Crippen LogP contribution is 2.42. The number of nitrogens with zero attached hydrogens (tertiary/aromatic N) is 3. The van der Waals surface area contributed by atoms with Crippen molar-refractivity contribution in [2.24, 2.45) is 0 Å². The number of hydrogen-bond acceptors (Lipinski definition) is 4. The van der Waals surface area contributed by atoms with Crippen molar-refractivity contribution in [1.82, 2.24) is 19.8 Å². The lowest BCUT2D eigenvalue weighted by Gasteiger charge is -2.27. The molecule has 0 bridgehead atoms. The van der Waals surface area contributed by atoms with Gasteiger partial charge in [-0.2, -0.15) is 0 Å². The summed E-state index contributed by atoms with van der Waals surface area (Å²) in [6, 6.07) is 18.5. The van der Waals surface area contributed by atoms with E-state index in [0.29, 0.717) is 11.7 Å². The molecule has 8 heteroatoms. The van der Waals surface area contributed by atoms with Crippen molar-refractivity contribution in [1.29, 1.82) is 0 Å². The van der Waals surface area contributed by atoms with Crippen LogP contribution in [0.25, 0.3) is 5.69 Å². The number of hydrogen-bond donors (Lipinski definition) is 2. The molecule has 1 aromatic carbocycles. The smallest absolute Gasteiger partial charge is 0.335 e. The lowest BCUT2D eigenvalue weighted by atomic mass is 9.96. The molecule has 1 saturated heterocycles. The first-order chi connectivity index (χ1) is 16.4. The van der Waals surface area contributed by atoms with Gasteiger partial charge in [-0.3, -0.25) is 4.98 Å². The highest BCUT2D eigenvalue weighted by molar-refractivity contribution is 7.80. The van der Waals surface area contributed by atoms with E-state index in [-0.39, 0.29) is 17.6 Å². The van der Waals surface area contributed by atoms with Gasteiger partial charge in [-0.25, -0.2) is 4.79 Å². The molecule has 2 N–H and O–H groups in total. The van der Waals surface area contributed by atoms with Crippen LogP contribution >= 0.6 is 12.2 Å². The predicted molar refractivity (Wildman–Crippen MR) is 132 cm³/mol. The van der Waals surface area contributed by atoms with Gasteiger partial charge in [-0.15, -0.1) is 0 Å². The first kappa shape index (κ1) is 21.9. The summed E-state index contributed by atoms with van der Waals surface area (Å²) in [5, 5.41) is 13.6. The van der Waals surface area contributed by atoms with Gasteiger partial charge in [0.05, 0.1) is 36.1 Å². The maximum Gasteiger partial charge on any atom is 0.335 e. The molecule has 1 aliphatic heterocycles. The third-order valence-electron chi connectivity index (χ3n) is 6.24. The van der Waals surface area contributed by atoms with E-state index < -0.39 is 5.97 Å². The fourth-order valence-corrected chi connectivity index (χ4v) is 5.05. The first-order valence-corrected chi connectivity index (χ1v) is 11.4. The van der Waals surface area contributed by atoms with Gasteiger partial charge in [0, 0.05) is 23.3 Å². The fraction of sp³-hybridized carbons (Fsp3) is 0.192. The van der Waals surface area contributed by atoms with Crippen molar-refractivity contribution in [3.05, 3.63) is 107 Å². The highest BCUT2D eigenvalue weighted by atomic mass is 32.1. The Labute approximate surface area is 202 Å². The van der Waals surface area contributed by atoms with Gasteiger partial charge < -0.3 is 24.3 Å². The Morgan fingerprint density at radius 1 is 1.15 bits per heavy atom. The van der Waals surface area contributed by atoms with Crippen molar-refractivity contribution >= 4 is 23.3 Å². The van der Waals surface area contributed by atoms with E-state index in [1.807, 2.05) is 43.3 Å². The van der Waals surface area contributed by atoms with Crippen LogP contribution < -0.4 is 5.32 Å². The average molecular weight is 473 g/mol. The second-order valence-electron chi connectivity index (χ2n) is 8.35. The van der Waals surface area contributed by atoms with Crippen LogP contribution in [0.3, 0.4) is 0 Å². The van der Waals surface area contributed by atoms with Gasteiger partial charge in [0.2, 0.25) is 0 Å². The maximum atomic E-state index is 11.5. The number of carboxylic acids is 1. The molecule has 0 spiro atoms. The summed E-state index contributed by atoms with van der Waals surface area (Å²) in [6.45, 7) is 4.60. The molecule has 3 aromatic heterocycles. The number of aromatic nitrogens is 2. The van der Waals surface area contributed by atoms with E-state index in [9.17, 15) is 9.90 Å². The molecule has 1 fully saturated rings. The van der Waals surface area contributed by atoms with Gasteiger partial charge in [0.15, 0.2) is 5.11 Å². The minimum atomic E-state index is -0.949. The van der Waals surface area contributed by atoms with E-state index in [4.69, 9.17) is 16.6 Å². The first-order valence-electron chi connectivity index (χ1n) is 11.0. The lowest BCUT2D eigenvalue weighted by molar-refractivity contribution is 0.0697. The number of rotatable bonds is 6. The van der Waals surface area contributed by atoms with Crippen molar-refractivity contribution in [3.63, 3.8) is 0 Å². The summed E-state index contributed by atoms with van der Waals surface area (Å²) in [7, 11) is 0. The molecule has 4 aromatic rings. The molecule has 2 atom stereocenters. The minimum Gasteiger partial charge on any atom is -0.478 e. The zero-order valence-electron chi connectivity index (χ0n) is 18.8. The SMILES string of the molecule is Cc1cc([C@@H]2[C@@H](c3ccccn3)NC(=S)N2Cc2ccco2)c(C)n1-c1cccc(C(=O)O)c1. The van der Waals surface area contributed by atoms with Gasteiger partial charge in [-0.1, -0.05) is 12.1 Å². The van der Waals surface area contributed by atoms with Crippen molar-refractivity contribution in [2.45, 2.75) is 32.5 Å². The summed E-state index contributed by atoms with van der Waals surface area (Å²) in [4.78, 5) is 18.3. The Bertz CT molecular complexity index is 1350. The second kappa shape index (κ2) is 8.79. The molecule has 5 rings (SSSR count). The Hall–Kier alpha value is -3.91. The quantitative estimate of drug-likeness (QED) is 0.384. The Kier molecular flexibility index (Phi) is 5.67. The van der Waals surface area contributed by atoms with Crippen LogP contribution in [-0.4, -0.2) is 30.6 Å². The number of carbonyl (C=O) groups is 1. The van der Waals surface area contributed by atoms with Gasteiger partial charge >= 0.3 is 5.97 Å². The zero-order chi connectivity index (χ0) is 23.8. The maximum absolute atomic E-state index is 11.5. The van der Waals surface area contributed by atoms with E-state index in [0.717, 1.165) is 34.1 Å². The summed E-state index contributed by atoms with van der Waals surface area (Å²) < 4.78 is 7.71. The molecule has 7 nitrogen and oxygen atoms in total. The summed E-state index contributed by atoms with van der Waals surface area (Å²) in [5.41, 5.74) is 5.07. The summed E-state index contributed by atoms with van der Waals surface area (Å²) in [5.74, 6) is -0.131. The molecule has 172 valence electrons. The van der Waals surface area contributed by atoms with Crippen LogP contribution in [0.15, 0.2) is 77.5 Å². The Balaban J connectivity index is 1.62. The number of pyridine rings is 1. The highest BCUT2D eigenvalue weighted by Gasteiger charge is 2.41. The number of aromatic carboxylic acids is 1. The van der Waals surface area contributed by atoms with Crippen molar-refractivity contribution < 1.29 is 14.3 Å². The van der Waals surface area contributed by atoms with Crippen LogP contribution in [-0.2, 0) is 6.54 Å². The van der Waals surface area contributed by atoms with E-state index in [1.54, 1.807) is 30.7 Å². The van der Waals surface area contributed by atoms with Crippen molar-refractivity contribution in [3.8, 4) is 5.69 Å². The third kappa shape index (κ3) is 3.86. The monoisotopic (exact) mass is 472 g/mol. The number of thiocarbonyl (C=S) groups is 1. The molecule has 0 unspecified atom stereocenters. The van der Waals surface area contributed by atoms with Crippen LogP contribution in [0, 0.1) is 13.8 Å². The van der Waals surface area contributed by atoms with Crippen LogP contribution in [0.5, 0.6) is 0 Å². The van der Waals surface area contributed by atoms with E-state index in [1.165, 1.54) is 0 Å². The number of nitrogens with one attached hydrogen (secondary N) is 1. The molecule has 0 aliphatic carbocycles. The largest absolute Gasteiger partial charge is 0.478 e. The number of benzene rings is 1. The van der Waals surface area contributed by atoms with Crippen LogP contribution in [0.2, 0.25) is 0 Å². The molecule has 0 saturated carbocycles. The van der Waals surface area contributed by atoms with Crippen LogP contribution in [0.4, 0.5) is 0 Å². The predicted octanol–water partition coefficient (Wildman–Crippen LogP) is 4.95. The second-order valence-corrected chi connectivity index (χ2v) is 8.74. The normalized spacial score (nSPS) is 17.7. The standard InChI is InChI=1S/C26H24N4O3S/c1-16-13-21(17(2)30(16)19-8-5-7-18(14-19)25(31)32)24-23(22-10-3-4-11-27-22)28-26(34)29(24)15-20-9-6-12-33-20/h3-14,23-24H,15H2,1-2H3,(H,28,34)(H,31,32)/t23-,24-/m1/s1. The van der Waals surface area contributed by atoms with Crippen LogP contribution in [0.1, 0.15) is 50.8 Å².